The first-order valence-corrected chi connectivity index (χ1v) is 7.25. The van der Waals surface area contributed by atoms with Crippen LogP contribution in [0.4, 0.5) is 4.79 Å². The van der Waals surface area contributed by atoms with Crippen LogP contribution in [0.2, 0.25) is 0 Å². The predicted molar refractivity (Wildman–Crippen MR) is 86.1 cm³/mol. The summed E-state index contributed by atoms with van der Waals surface area (Å²) in [6, 6.07) is 17.8. The number of carbonyl (C=O) groups excluding carboxylic acids is 1. The molecule has 0 bridgehead atoms. The second-order valence-electron chi connectivity index (χ2n) is 5.33. The van der Waals surface area contributed by atoms with E-state index < -0.39 is 0 Å². The molecule has 3 heteroatoms. The van der Waals surface area contributed by atoms with Crippen LogP contribution < -0.4 is 10.6 Å². The zero-order valence-electron chi connectivity index (χ0n) is 12.8. The average molecular weight is 282 g/mol. The van der Waals surface area contributed by atoms with E-state index in [0.717, 1.165) is 11.1 Å². The van der Waals surface area contributed by atoms with Crippen LogP contribution in [0.1, 0.15) is 42.6 Å². The number of carbonyl (C=O) groups is 1. The van der Waals surface area contributed by atoms with Gasteiger partial charge in [-0.05, 0) is 37.5 Å². The molecular weight excluding hydrogens is 260 g/mol. The lowest BCUT2D eigenvalue weighted by Gasteiger charge is -2.20. The minimum absolute atomic E-state index is 0.0183. The lowest BCUT2D eigenvalue weighted by Crippen LogP contribution is -2.38. The van der Waals surface area contributed by atoms with Crippen LogP contribution in [0, 0.1) is 6.92 Å². The van der Waals surface area contributed by atoms with Crippen molar-refractivity contribution in [3.8, 4) is 0 Å². The molecule has 3 nitrogen and oxygen atoms in total. The summed E-state index contributed by atoms with van der Waals surface area (Å²) in [5.74, 6) is 0. The minimum Gasteiger partial charge on any atom is -0.332 e. The van der Waals surface area contributed by atoms with Crippen LogP contribution in [0.15, 0.2) is 54.6 Å². The largest absolute Gasteiger partial charge is 0.332 e. The highest BCUT2D eigenvalue weighted by Crippen LogP contribution is 2.17. The second-order valence-corrected chi connectivity index (χ2v) is 5.33. The van der Waals surface area contributed by atoms with Crippen molar-refractivity contribution in [2.75, 3.05) is 0 Å². The number of hydrogen-bond donors (Lipinski definition) is 2. The molecular formula is C18H22N2O. The molecule has 0 spiro atoms. The molecule has 2 rings (SSSR count). The van der Waals surface area contributed by atoms with Crippen LogP contribution >= 0.6 is 0 Å². The molecule has 21 heavy (non-hydrogen) atoms. The van der Waals surface area contributed by atoms with E-state index >= 15 is 0 Å². The molecule has 0 radical (unpaired) electrons. The summed E-state index contributed by atoms with van der Waals surface area (Å²) in [5, 5.41) is 5.95. The highest BCUT2D eigenvalue weighted by atomic mass is 16.2. The van der Waals surface area contributed by atoms with E-state index in [0.29, 0.717) is 0 Å². The Morgan fingerprint density at radius 2 is 1.43 bits per heavy atom. The highest BCUT2D eigenvalue weighted by molar-refractivity contribution is 5.75. The summed E-state index contributed by atoms with van der Waals surface area (Å²) in [6.07, 6.45) is 0. The maximum atomic E-state index is 12.1. The van der Waals surface area contributed by atoms with Gasteiger partial charge in [-0.25, -0.2) is 4.79 Å². The molecule has 0 aliphatic carbocycles. The Hall–Kier alpha value is -2.29. The molecule has 2 amide bonds. The van der Waals surface area contributed by atoms with E-state index in [1.165, 1.54) is 5.56 Å². The molecule has 0 heterocycles. The molecule has 0 aliphatic rings. The Morgan fingerprint density at radius 3 is 2.10 bits per heavy atom. The summed E-state index contributed by atoms with van der Waals surface area (Å²) in [5.41, 5.74) is 3.41. The molecule has 0 saturated carbocycles. The summed E-state index contributed by atoms with van der Waals surface area (Å²) in [4.78, 5) is 12.1. The predicted octanol–water partition coefficient (Wildman–Crippen LogP) is 4.12. The molecule has 0 aromatic heterocycles. The Labute approximate surface area is 126 Å². The second kappa shape index (κ2) is 6.93. The standard InChI is InChI=1S/C18H22N2O/c1-13-9-7-8-12-17(13)15(3)20-18(21)19-14(2)16-10-5-4-6-11-16/h4-12,14-15H,1-3H3,(H2,19,20,21)/t14-,15-/m1/s1. The van der Waals surface area contributed by atoms with Crippen molar-refractivity contribution in [2.45, 2.75) is 32.9 Å². The van der Waals surface area contributed by atoms with Crippen LogP contribution in [-0.4, -0.2) is 6.03 Å². The van der Waals surface area contributed by atoms with Crippen molar-refractivity contribution in [1.82, 2.24) is 10.6 Å². The van der Waals surface area contributed by atoms with Gasteiger partial charge in [-0.15, -0.1) is 0 Å². The van der Waals surface area contributed by atoms with Gasteiger partial charge in [0, 0.05) is 0 Å². The molecule has 0 saturated heterocycles. The zero-order chi connectivity index (χ0) is 15.2. The fourth-order valence-electron chi connectivity index (χ4n) is 2.41. The molecule has 2 aromatic rings. The summed E-state index contributed by atoms with van der Waals surface area (Å²) in [7, 11) is 0. The average Bonchev–Trinajstić information content (AvgIpc) is 2.48. The monoisotopic (exact) mass is 282 g/mol. The van der Waals surface area contributed by atoms with Crippen molar-refractivity contribution < 1.29 is 4.79 Å². The van der Waals surface area contributed by atoms with Crippen LogP contribution in [0.25, 0.3) is 0 Å². The van der Waals surface area contributed by atoms with Crippen LogP contribution in [0.5, 0.6) is 0 Å². The topological polar surface area (TPSA) is 41.1 Å². The lowest BCUT2D eigenvalue weighted by molar-refractivity contribution is 0.235. The molecule has 2 atom stereocenters. The zero-order valence-corrected chi connectivity index (χ0v) is 12.8. The van der Waals surface area contributed by atoms with Gasteiger partial charge in [-0.2, -0.15) is 0 Å². The third-order valence-corrected chi connectivity index (χ3v) is 3.65. The summed E-state index contributed by atoms with van der Waals surface area (Å²) >= 11 is 0. The summed E-state index contributed by atoms with van der Waals surface area (Å²) in [6.45, 7) is 6.03. The van der Waals surface area contributed by atoms with Crippen molar-refractivity contribution in [2.24, 2.45) is 0 Å². The van der Waals surface area contributed by atoms with Gasteiger partial charge in [0.2, 0.25) is 0 Å². The van der Waals surface area contributed by atoms with E-state index in [-0.39, 0.29) is 18.1 Å². The fraction of sp³-hybridized carbons (Fsp3) is 0.278. The van der Waals surface area contributed by atoms with Gasteiger partial charge in [0.15, 0.2) is 0 Å². The fourth-order valence-corrected chi connectivity index (χ4v) is 2.41. The molecule has 0 unspecified atom stereocenters. The number of rotatable bonds is 4. The number of amides is 2. The van der Waals surface area contributed by atoms with E-state index in [1.807, 2.05) is 62.4 Å². The third-order valence-electron chi connectivity index (χ3n) is 3.65. The quantitative estimate of drug-likeness (QED) is 0.870. The first-order chi connectivity index (χ1) is 10.1. The Bertz CT molecular complexity index is 595. The Kier molecular flexibility index (Phi) is 4.99. The number of urea groups is 1. The molecule has 0 fully saturated rings. The lowest BCUT2D eigenvalue weighted by atomic mass is 10.0. The van der Waals surface area contributed by atoms with Gasteiger partial charge in [-0.1, -0.05) is 54.6 Å². The van der Waals surface area contributed by atoms with E-state index in [9.17, 15) is 4.79 Å². The molecule has 110 valence electrons. The first kappa shape index (κ1) is 15.1. The number of aryl methyl sites for hydroxylation is 1. The van der Waals surface area contributed by atoms with Gasteiger partial charge in [0.1, 0.15) is 0 Å². The number of nitrogens with one attached hydrogen (secondary N) is 2. The maximum Gasteiger partial charge on any atom is 0.315 e. The summed E-state index contributed by atoms with van der Waals surface area (Å²) < 4.78 is 0. The SMILES string of the molecule is Cc1ccccc1[C@@H](C)NC(=O)N[C@H](C)c1ccccc1. The smallest absolute Gasteiger partial charge is 0.315 e. The highest BCUT2D eigenvalue weighted by Gasteiger charge is 2.13. The van der Waals surface area contributed by atoms with Gasteiger partial charge in [0.25, 0.3) is 0 Å². The minimum atomic E-state index is -0.151. The van der Waals surface area contributed by atoms with Crippen LogP contribution in [0.3, 0.4) is 0 Å². The van der Waals surface area contributed by atoms with Crippen molar-refractivity contribution >= 4 is 6.03 Å². The van der Waals surface area contributed by atoms with E-state index in [2.05, 4.69) is 23.6 Å². The van der Waals surface area contributed by atoms with Crippen LogP contribution in [-0.2, 0) is 0 Å². The van der Waals surface area contributed by atoms with Crippen molar-refractivity contribution in [3.05, 3.63) is 71.3 Å². The van der Waals surface area contributed by atoms with Gasteiger partial charge >= 0.3 is 6.03 Å². The van der Waals surface area contributed by atoms with E-state index in [4.69, 9.17) is 0 Å². The molecule has 0 aliphatic heterocycles. The van der Waals surface area contributed by atoms with Gasteiger partial charge in [0.05, 0.1) is 12.1 Å². The third kappa shape index (κ3) is 4.09. The number of hydrogen-bond acceptors (Lipinski definition) is 1. The Morgan fingerprint density at radius 1 is 0.857 bits per heavy atom. The van der Waals surface area contributed by atoms with Crippen molar-refractivity contribution in [1.29, 1.82) is 0 Å². The van der Waals surface area contributed by atoms with E-state index in [1.54, 1.807) is 0 Å². The normalized spacial score (nSPS) is 13.3. The number of benzene rings is 2. The van der Waals surface area contributed by atoms with Crippen molar-refractivity contribution in [3.63, 3.8) is 0 Å². The van der Waals surface area contributed by atoms with Gasteiger partial charge < -0.3 is 10.6 Å². The van der Waals surface area contributed by atoms with Gasteiger partial charge in [-0.3, -0.25) is 0 Å². The maximum absolute atomic E-state index is 12.1. The molecule has 2 aromatic carbocycles. The molecule has 2 N–H and O–H groups in total. The Balaban J connectivity index is 1.94. The first-order valence-electron chi connectivity index (χ1n) is 7.25.